The first-order valence-corrected chi connectivity index (χ1v) is 9.34. The summed E-state index contributed by atoms with van der Waals surface area (Å²) in [4.78, 5) is 0. The Hall–Kier alpha value is -1.15. The number of nitrogens with zero attached hydrogens (tertiary/aromatic N) is 2. The van der Waals surface area contributed by atoms with Crippen molar-refractivity contribution in [2.75, 3.05) is 33.3 Å². The first-order valence-electron chi connectivity index (χ1n) is 7.94. The quantitative estimate of drug-likeness (QED) is 0.708. The molecule has 1 aromatic rings. The van der Waals surface area contributed by atoms with Crippen molar-refractivity contribution >= 4 is 10.2 Å². The number of benzene rings is 1. The highest BCUT2D eigenvalue weighted by atomic mass is 32.2. The van der Waals surface area contributed by atoms with Crippen molar-refractivity contribution in [3.05, 3.63) is 30.3 Å². The third kappa shape index (κ3) is 5.17. The number of para-hydroxylation sites is 1. The molecule has 1 aliphatic rings. The standard InChI is InChI=1S/C16H26N2O4S/c1-14-12-18(13-15(2)22-14)23(19,20)17(3)10-7-11-21-16-8-5-4-6-9-16/h4-6,8-9,14-15H,7,10-13H2,1-3H3/t14-,15-/m1/s1. The van der Waals surface area contributed by atoms with Gasteiger partial charge in [0, 0.05) is 26.7 Å². The monoisotopic (exact) mass is 342 g/mol. The van der Waals surface area contributed by atoms with Crippen molar-refractivity contribution < 1.29 is 17.9 Å². The molecular formula is C16H26N2O4S. The van der Waals surface area contributed by atoms with Crippen LogP contribution in [-0.2, 0) is 14.9 Å². The molecule has 6 nitrogen and oxygen atoms in total. The Morgan fingerprint density at radius 3 is 2.43 bits per heavy atom. The van der Waals surface area contributed by atoms with E-state index in [0.29, 0.717) is 32.7 Å². The molecule has 0 aliphatic carbocycles. The predicted octanol–water partition coefficient (Wildman–Crippen LogP) is 1.74. The normalized spacial score (nSPS) is 23.1. The van der Waals surface area contributed by atoms with Gasteiger partial charge in [-0.25, -0.2) is 0 Å². The zero-order valence-electron chi connectivity index (χ0n) is 14.0. The Balaban J connectivity index is 1.80. The first-order chi connectivity index (χ1) is 10.9. The molecule has 1 fully saturated rings. The molecule has 1 heterocycles. The summed E-state index contributed by atoms with van der Waals surface area (Å²) in [5.41, 5.74) is 0. The lowest BCUT2D eigenvalue weighted by Crippen LogP contribution is -2.52. The Morgan fingerprint density at radius 1 is 1.22 bits per heavy atom. The van der Waals surface area contributed by atoms with Gasteiger partial charge in [0.1, 0.15) is 5.75 Å². The van der Waals surface area contributed by atoms with Gasteiger partial charge in [0.05, 0.1) is 18.8 Å². The predicted molar refractivity (Wildman–Crippen MR) is 89.7 cm³/mol. The van der Waals surface area contributed by atoms with Crippen LogP contribution in [0.4, 0.5) is 0 Å². The highest BCUT2D eigenvalue weighted by Crippen LogP contribution is 2.17. The SMILES string of the molecule is C[C@@H]1CN(S(=O)(=O)N(C)CCCOc2ccccc2)C[C@@H](C)O1. The molecule has 1 aliphatic heterocycles. The lowest BCUT2D eigenvalue weighted by atomic mass is 10.3. The fourth-order valence-corrected chi connectivity index (χ4v) is 4.18. The molecule has 23 heavy (non-hydrogen) atoms. The Kier molecular flexibility index (Phi) is 6.41. The Morgan fingerprint density at radius 2 is 1.83 bits per heavy atom. The van der Waals surface area contributed by atoms with Crippen LogP contribution in [0.15, 0.2) is 30.3 Å². The second kappa shape index (κ2) is 8.10. The molecule has 0 N–H and O–H groups in total. The summed E-state index contributed by atoms with van der Waals surface area (Å²) >= 11 is 0. The first kappa shape index (κ1) is 18.2. The maximum atomic E-state index is 12.6. The van der Waals surface area contributed by atoms with Crippen molar-refractivity contribution in [1.29, 1.82) is 0 Å². The number of ether oxygens (including phenoxy) is 2. The summed E-state index contributed by atoms with van der Waals surface area (Å²) < 4.78 is 39.3. The van der Waals surface area contributed by atoms with Crippen LogP contribution in [0.2, 0.25) is 0 Å². The minimum atomic E-state index is -3.44. The lowest BCUT2D eigenvalue weighted by molar-refractivity contribution is -0.0453. The molecule has 0 spiro atoms. The molecule has 0 unspecified atom stereocenters. The molecule has 0 radical (unpaired) electrons. The van der Waals surface area contributed by atoms with Gasteiger partial charge < -0.3 is 9.47 Å². The van der Waals surface area contributed by atoms with E-state index >= 15 is 0 Å². The van der Waals surface area contributed by atoms with Crippen molar-refractivity contribution in [2.24, 2.45) is 0 Å². The van der Waals surface area contributed by atoms with Gasteiger partial charge in [0.2, 0.25) is 0 Å². The average molecular weight is 342 g/mol. The van der Waals surface area contributed by atoms with Gasteiger partial charge >= 0.3 is 0 Å². The topological polar surface area (TPSA) is 59.1 Å². The van der Waals surface area contributed by atoms with E-state index in [1.54, 1.807) is 7.05 Å². The van der Waals surface area contributed by atoms with Gasteiger partial charge in [0.25, 0.3) is 10.2 Å². The van der Waals surface area contributed by atoms with E-state index in [4.69, 9.17) is 9.47 Å². The molecule has 0 saturated carbocycles. The van der Waals surface area contributed by atoms with E-state index in [1.807, 2.05) is 44.2 Å². The molecule has 0 amide bonds. The van der Waals surface area contributed by atoms with Crippen LogP contribution in [-0.4, -0.2) is 62.5 Å². The van der Waals surface area contributed by atoms with Gasteiger partial charge in [-0.05, 0) is 32.4 Å². The summed E-state index contributed by atoms with van der Waals surface area (Å²) in [6, 6.07) is 9.52. The van der Waals surface area contributed by atoms with E-state index in [2.05, 4.69) is 0 Å². The highest BCUT2D eigenvalue weighted by molar-refractivity contribution is 7.86. The summed E-state index contributed by atoms with van der Waals surface area (Å²) in [5.74, 6) is 0.800. The summed E-state index contributed by atoms with van der Waals surface area (Å²) in [7, 11) is -1.83. The maximum Gasteiger partial charge on any atom is 0.281 e. The van der Waals surface area contributed by atoms with Gasteiger partial charge in [-0.2, -0.15) is 17.0 Å². The van der Waals surface area contributed by atoms with Crippen molar-refractivity contribution in [3.63, 3.8) is 0 Å². The van der Waals surface area contributed by atoms with Gasteiger partial charge in [0.15, 0.2) is 0 Å². The van der Waals surface area contributed by atoms with Crippen LogP contribution in [0, 0.1) is 0 Å². The minimum Gasteiger partial charge on any atom is -0.494 e. The molecule has 2 rings (SSSR count). The average Bonchev–Trinajstić information content (AvgIpc) is 2.51. The number of morpholine rings is 1. The smallest absolute Gasteiger partial charge is 0.281 e. The van der Waals surface area contributed by atoms with E-state index in [-0.39, 0.29) is 12.2 Å². The molecular weight excluding hydrogens is 316 g/mol. The second-order valence-corrected chi connectivity index (χ2v) is 7.95. The van der Waals surface area contributed by atoms with Crippen LogP contribution in [0.5, 0.6) is 5.75 Å². The van der Waals surface area contributed by atoms with Gasteiger partial charge in [-0.1, -0.05) is 18.2 Å². The minimum absolute atomic E-state index is 0.0802. The zero-order chi connectivity index (χ0) is 16.9. The number of rotatable bonds is 7. The fraction of sp³-hybridized carbons (Fsp3) is 0.625. The number of hydrogen-bond acceptors (Lipinski definition) is 4. The van der Waals surface area contributed by atoms with Crippen molar-refractivity contribution in [1.82, 2.24) is 8.61 Å². The molecule has 0 bridgehead atoms. The van der Waals surface area contributed by atoms with Crippen LogP contribution < -0.4 is 4.74 Å². The van der Waals surface area contributed by atoms with Crippen molar-refractivity contribution in [3.8, 4) is 5.75 Å². The number of hydrogen-bond donors (Lipinski definition) is 0. The second-order valence-electron chi connectivity index (χ2n) is 5.92. The molecule has 0 aromatic heterocycles. The molecule has 130 valence electrons. The largest absolute Gasteiger partial charge is 0.494 e. The fourth-order valence-electron chi connectivity index (χ4n) is 2.63. The van der Waals surface area contributed by atoms with E-state index in [1.165, 1.54) is 8.61 Å². The third-order valence-electron chi connectivity index (χ3n) is 3.74. The summed E-state index contributed by atoms with van der Waals surface area (Å²) in [6.45, 7) is 5.50. The summed E-state index contributed by atoms with van der Waals surface area (Å²) in [5, 5.41) is 0. The van der Waals surface area contributed by atoms with Gasteiger partial charge in [-0.15, -0.1) is 0 Å². The van der Waals surface area contributed by atoms with E-state index < -0.39 is 10.2 Å². The van der Waals surface area contributed by atoms with Crippen molar-refractivity contribution in [2.45, 2.75) is 32.5 Å². The maximum absolute atomic E-state index is 12.6. The molecule has 1 aromatic carbocycles. The van der Waals surface area contributed by atoms with Crippen LogP contribution in [0.3, 0.4) is 0 Å². The third-order valence-corrected chi connectivity index (χ3v) is 5.66. The Labute approximate surface area is 139 Å². The van der Waals surface area contributed by atoms with Crippen LogP contribution in [0.25, 0.3) is 0 Å². The van der Waals surface area contributed by atoms with E-state index in [0.717, 1.165) is 5.75 Å². The molecule has 2 atom stereocenters. The Bertz CT molecular complexity index is 569. The lowest BCUT2D eigenvalue weighted by Gasteiger charge is -2.36. The van der Waals surface area contributed by atoms with Crippen LogP contribution >= 0.6 is 0 Å². The van der Waals surface area contributed by atoms with Crippen LogP contribution in [0.1, 0.15) is 20.3 Å². The van der Waals surface area contributed by atoms with E-state index in [9.17, 15) is 8.42 Å². The molecule has 1 saturated heterocycles. The van der Waals surface area contributed by atoms with Gasteiger partial charge in [-0.3, -0.25) is 0 Å². The summed E-state index contributed by atoms with van der Waals surface area (Å²) in [6.07, 6.45) is 0.478. The molecule has 7 heteroatoms. The highest BCUT2D eigenvalue weighted by Gasteiger charge is 2.33. The zero-order valence-corrected chi connectivity index (χ0v) is 14.8.